The molecule has 0 radical (unpaired) electrons. The number of anilines is 1. The number of nitrogen functional groups attached to an aromatic ring is 1. The first kappa shape index (κ1) is 10.5. The molecule has 0 saturated carbocycles. The highest BCUT2D eigenvalue weighted by Gasteiger charge is 2.11. The highest BCUT2D eigenvalue weighted by Crippen LogP contribution is 2.28. The molecule has 7 heteroatoms. The number of rotatable bonds is 3. The van der Waals surface area contributed by atoms with E-state index >= 15 is 0 Å². The summed E-state index contributed by atoms with van der Waals surface area (Å²) in [6, 6.07) is 4.97. The lowest BCUT2D eigenvalue weighted by atomic mass is 10.2. The van der Waals surface area contributed by atoms with Crippen LogP contribution in [0.3, 0.4) is 0 Å². The van der Waals surface area contributed by atoms with E-state index in [1.807, 2.05) is 0 Å². The third kappa shape index (κ3) is 2.14. The molecule has 0 aliphatic heterocycles. The van der Waals surface area contributed by atoms with Crippen LogP contribution >= 0.6 is 11.8 Å². The molecular formula is C9H9N5OS. The number of carbonyl (C=O) groups excluding carboxylic acids is 1. The lowest BCUT2D eigenvalue weighted by Gasteiger charge is -2.05. The fraction of sp³-hybridized carbons (Fsp3) is 0. The van der Waals surface area contributed by atoms with E-state index in [1.165, 1.54) is 18.1 Å². The summed E-state index contributed by atoms with van der Waals surface area (Å²) in [7, 11) is 0. The normalized spacial score (nSPS) is 10.2. The van der Waals surface area contributed by atoms with Crippen LogP contribution in [-0.4, -0.2) is 21.1 Å². The Labute approximate surface area is 95.4 Å². The van der Waals surface area contributed by atoms with Crippen molar-refractivity contribution in [3.8, 4) is 0 Å². The van der Waals surface area contributed by atoms with Gasteiger partial charge in [0.05, 0.1) is 5.56 Å². The van der Waals surface area contributed by atoms with E-state index in [9.17, 15) is 4.79 Å². The Morgan fingerprint density at radius 1 is 1.44 bits per heavy atom. The topological polar surface area (TPSA) is 111 Å². The lowest BCUT2D eigenvalue weighted by Crippen LogP contribution is -2.12. The Kier molecular flexibility index (Phi) is 2.78. The number of benzene rings is 1. The average molecular weight is 235 g/mol. The monoisotopic (exact) mass is 235 g/mol. The molecule has 0 fully saturated rings. The first-order valence-corrected chi connectivity index (χ1v) is 5.21. The molecule has 1 heterocycles. The van der Waals surface area contributed by atoms with Crippen LogP contribution in [0.1, 0.15) is 10.4 Å². The first-order chi connectivity index (χ1) is 7.66. The maximum Gasteiger partial charge on any atom is 0.249 e. The van der Waals surface area contributed by atoms with E-state index in [0.29, 0.717) is 21.3 Å². The number of aromatic amines is 1. The summed E-state index contributed by atoms with van der Waals surface area (Å²) in [5.41, 5.74) is 11.7. The summed E-state index contributed by atoms with van der Waals surface area (Å²) < 4.78 is 0. The van der Waals surface area contributed by atoms with Crippen LogP contribution in [0.25, 0.3) is 0 Å². The van der Waals surface area contributed by atoms with Crippen LogP contribution in [0.5, 0.6) is 0 Å². The van der Waals surface area contributed by atoms with E-state index in [2.05, 4.69) is 15.2 Å². The second-order valence-corrected chi connectivity index (χ2v) is 4.04. The zero-order chi connectivity index (χ0) is 11.5. The molecule has 82 valence electrons. The number of H-pyrrole nitrogens is 1. The predicted molar refractivity (Wildman–Crippen MR) is 59.9 cm³/mol. The molecule has 0 bridgehead atoms. The van der Waals surface area contributed by atoms with Gasteiger partial charge in [-0.25, -0.2) is 4.98 Å². The van der Waals surface area contributed by atoms with Crippen molar-refractivity contribution in [2.45, 2.75) is 10.1 Å². The van der Waals surface area contributed by atoms with E-state index in [1.54, 1.807) is 18.2 Å². The average Bonchev–Trinajstić information content (AvgIpc) is 2.73. The second kappa shape index (κ2) is 4.23. The summed E-state index contributed by atoms with van der Waals surface area (Å²) in [4.78, 5) is 15.8. The molecule has 1 aromatic carbocycles. The van der Waals surface area contributed by atoms with Crippen molar-refractivity contribution in [3.05, 3.63) is 30.1 Å². The van der Waals surface area contributed by atoms with Crippen LogP contribution in [0.15, 0.2) is 34.6 Å². The number of carbonyl (C=O) groups is 1. The van der Waals surface area contributed by atoms with Gasteiger partial charge in [0.1, 0.15) is 6.33 Å². The van der Waals surface area contributed by atoms with Gasteiger partial charge >= 0.3 is 0 Å². The summed E-state index contributed by atoms with van der Waals surface area (Å²) >= 11 is 1.27. The number of nitrogens with one attached hydrogen (secondary N) is 1. The summed E-state index contributed by atoms with van der Waals surface area (Å²) in [6.45, 7) is 0. The molecule has 2 aromatic rings. The van der Waals surface area contributed by atoms with Gasteiger partial charge in [0.25, 0.3) is 0 Å². The van der Waals surface area contributed by atoms with Gasteiger partial charge in [0.15, 0.2) is 5.16 Å². The third-order valence-corrected chi connectivity index (χ3v) is 2.83. The molecule has 0 unspecified atom stereocenters. The van der Waals surface area contributed by atoms with Crippen LogP contribution in [-0.2, 0) is 0 Å². The smallest absolute Gasteiger partial charge is 0.249 e. The summed E-state index contributed by atoms with van der Waals surface area (Å²) in [6.07, 6.45) is 1.39. The number of amides is 1. The van der Waals surface area contributed by atoms with Crippen molar-refractivity contribution in [1.29, 1.82) is 0 Å². The zero-order valence-electron chi connectivity index (χ0n) is 8.18. The number of nitrogens with two attached hydrogens (primary N) is 2. The number of primary amides is 1. The second-order valence-electron chi connectivity index (χ2n) is 3.01. The van der Waals surface area contributed by atoms with E-state index < -0.39 is 5.91 Å². The van der Waals surface area contributed by atoms with Gasteiger partial charge in [-0.1, -0.05) is 0 Å². The first-order valence-electron chi connectivity index (χ1n) is 4.39. The van der Waals surface area contributed by atoms with Crippen molar-refractivity contribution in [1.82, 2.24) is 15.2 Å². The van der Waals surface area contributed by atoms with Crippen LogP contribution in [0.4, 0.5) is 5.69 Å². The van der Waals surface area contributed by atoms with Crippen LogP contribution in [0, 0.1) is 0 Å². The molecule has 5 N–H and O–H groups in total. The summed E-state index contributed by atoms with van der Waals surface area (Å²) in [5.74, 6) is -0.519. The van der Waals surface area contributed by atoms with Crippen molar-refractivity contribution in [2.24, 2.45) is 5.73 Å². The van der Waals surface area contributed by atoms with Gasteiger partial charge < -0.3 is 11.5 Å². The number of hydrogen-bond acceptors (Lipinski definition) is 5. The highest BCUT2D eigenvalue weighted by atomic mass is 32.2. The maximum absolute atomic E-state index is 11.2. The molecule has 16 heavy (non-hydrogen) atoms. The lowest BCUT2D eigenvalue weighted by molar-refractivity contribution is 0.0997. The maximum atomic E-state index is 11.2. The Morgan fingerprint density at radius 2 is 2.25 bits per heavy atom. The molecule has 0 aliphatic carbocycles. The fourth-order valence-electron chi connectivity index (χ4n) is 1.18. The van der Waals surface area contributed by atoms with E-state index in [-0.39, 0.29) is 0 Å². The van der Waals surface area contributed by atoms with Gasteiger partial charge in [-0.15, -0.1) is 0 Å². The minimum atomic E-state index is -0.519. The fourth-order valence-corrected chi connectivity index (χ4v) is 1.99. The summed E-state index contributed by atoms with van der Waals surface area (Å²) in [5, 5.41) is 6.99. The largest absolute Gasteiger partial charge is 0.399 e. The molecule has 0 aliphatic rings. The van der Waals surface area contributed by atoms with Crippen LogP contribution < -0.4 is 11.5 Å². The van der Waals surface area contributed by atoms with Gasteiger partial charge in [-0.3, -0.25) is 9.89 Å². The quantitative estimate of drug-likeness (QED) is 0.676. The molecule has 0 atom stereocenters. The number of nitrogens with zero attached hydrogens (tertiary/aromatic N) is 2. The number of aromatic nitrogens is 3. The third-order valence-electron chi connectivity index (χ3n) is 1.87. The Morgan fingerprint density at radius 3 is 2.88 bits per heavy atom. The van der Waals surface area contributed by atoms with Crippen molar-refractivity contribution >= 4 is 23.4 Å². The molecule has 6 nitrogen and oxygen atoms in total. The van der Waals surface area contributed by atoms with Gasteiger partial charge in [0.2, 0.25) is 5.91 Å². The minimum absolute atomic E-state index is 0.376. The van der Waals surface area contributed by atoms with E-state index in [0.717, 1.165) is 0 Å². The van der Waals surface area contributed by atoms with Crippen molar-refractivity contribution in [3.63, 3.8) is 0 Å². The highest BCUT2D eigenvalue weighted by molar-refractivity contribution is 7.99. The molecule has 1 aromatic heterocycles. The van der Waals surface area contributed by atoms with Gasteiger partial charge in [0, 0.05) is 10.6 Å². The Bertz CT molecular complexity index is 511. The minimum Gasteiger partial charge on any atom is -0.399 e. The van der Waals surface area contributed by atoms with Gasteiger partial charge in [-0.05, 0) is 30.0 Å². The zero-order valence-corrected chi connectivity index (χ0v) is 8.99. The number of hydrogen-bond donors (Lipinski definition) is 3. The van der Waals surface area contributed by atoms with Crippen molar-refractivity contribution in [2.75, 3.05) is 5.73 Å². The predicted octanol–water partition coefficient (Wildman–Crippen LogP) is 0.637. The molecule has 0 spiro atoms. The Hall–Kier alpha value is -2.02. The van der Waals surface area contributed by atoms with E-state index in [4.69, 9.17) is 11.5 Å². The molecular weight excluding hydrogens is 226 g/mol. The van der Waals surface area contributed by atoms with Gasteiger partial charge in [-0.2, -0.15) is 5.10 Å². The SMILES string of the molecule is NC(=O)c1cc(N)ccc1Sc1ncn[nH]1. The Balaban J connectivity index is 2.36. The standard InChI is InChI=1S/C9H9N5OS/c10-5-1-2-7(6(3-5)8(11)15)16-9-12-4-13-14-9/h1-4H,10H2,(H2,11,15)(H,12,13,14). The molecule has 1 amide bonds. The molecule has 0 saturated heterocycles. The van der Waals surface area contributed by atoms with Crippen LogP contribution in [0.2, 0.25) is 0 Å². The van der Waals surface area contributed by atoms with Crippen molar-refractivity contribution < 1.29 is 4.79 Å². The molecule has 2 rings (SSSR count).